The maximum atomic E-state index is 12.3. The Labute approximate surface area is 138 Å². The third-order valence-corrected chi connectivity index (χ3v) is 3.31. The standard InChI is InChI=1S/C16H18F2N4O2/c1-9-5-12(21-7-13(9)24-8-14(17)18)16(23)22-10(2)11-3-4-20-15(19)6-11/h3-7,10,14H,8H2,1-2H3,(H2,19,20)(H,22,23). The maximum Gasteiger partial charge on any atom is 0.272 e. The van der Waals surface area contributed by atoms with E-state index in [1.54, 1.807) is 32.2 Å². The van der Waals surface area contributed by atoms with Crippen LogP contribution < -0.4 is 15.8 Å². The number of nitrogen functional groups attached to an aromatic ring is 1. The lowest BCUT2D eigenvalue weighted by atomic mass is 10.1. The fraction of sp³-hybridized carbons (Fsp3) is 0.312. The first kappa shape index (κ1) is 17.6. The van der Waals surface area contributed by atoms with E-state index in [1.807, 2.05) is 0 Å². The summed E-state index contributed by atoms with van der Waals surface area (Å²) in [6, 6.07) is 4.62. The Morgan fingerprint density at radius 1 is 1.38 bits per heavy atom. The molecule has 0 fully saturated rings. The number of hydrogen-bond donors (Lipinski definition) is 2. The van der Waals surface area contributed by atoms with Crippen molar-refractivity contribution < 1.29 is 18.3 Å². The zero-order chi connectivity index (χ0) is 17.7. The van der Waals surface area contributed by atoms with Crippen molar-refractivity contribution in [1.29, 1.82) is 0 Å². The molecular weight excluding hydrogens is 318 g/mol. The molecule has 6 nitrogen and oxygen atoms in total. The van der Waals surface area contributed by atoms with E-state index in [2.05, 4.69) is 15.3 Å². The van der Waals surface area contributed by atoms with Gasteiger partial charge in [0.15, 0.2) is 0 Å². The van der Waals surface area contributed by atoms with Crippen molar-refractivity contribution >= 4 is 11.7 Å². The van der Waals surface area contributed by atoms with Crippen molar-refractivity contribution in [3.05, 3.63) is 47.4 Å². The van der Waals surface area contributed by atoms with E-state index < -0.39 is 13.0 Å². The predicted molar refractivity (Wildman–Crippen MR) is 85.0 cm³/mol. The van der Waals surface area contributed by atoms with Crippen molar-refractivity contribution in [3.8, 4) is 5.75 Å². The number of nitrogens with zero attached hydrogens (tertiary/aromatic N) is 2. The summed E-state index contributed by atoms with van der Waals surface area (Å²) in [5.74, 6) is 0.200. The third-order valence-electron chi connectivity index (χ3n) is 3.31. The molecule has 2 aromatic heterocycles. The summed E-state index contributed by atoms with van der Waals surface area (Å²) in [6.45, 7) is 2.75. The number of carbonyl (C=O) groups excluding carboxylic acids is 1. The number of aromatic nitrogens is 2. The zero-order valence-corrected chi connectivity index (χ0v) is 13.3. The van der Waals surface area contributed by atoms with Gasteiger partial charge in [0, 0.05) is 6.20 Å². The molecule has 8 heteroatoms. The van der Waals surface area contributed by atoms with E-state index in [4.69, 9.17) is 10.5 Å². The molecule has 24 heavy (non-hydrogen) atoms. The van der Waals surface area contributed by atoms with Gasteiger partial charge in [0.2, 0.25) is 0 Å². The molecule has 1 amide bonds. The molecule has 0 aromatic carbocycles. The quantitative estimate of drug-likeness (QED) is 0.846. The highest BCUT2D eigenvalue weighted by Gasteiger charge is 2.15. The summed E-state index contributed by atoms with van der Waals surface area (Å²) in [5.41, 5.74) is 7.16. The lowest BCUT2D eigenvalue weighted by Gasteiger charge is -2.15. The lowest BCUT2D eigenvalue weighted by molar-refractivity contribution is 0.0812. The number of nitrogens with two attached hydrogens (primary N) is 1. The van der Waals surface area contributed by atoms with E-state index in [0.29, 0.717) is 11.4 Å². The number of anilines is 1. The van der Waals surface area contributed by atoms with Crippen LogP contribution in [-0.2, 0) is 0 Å². The fourth-order valence-corrected chi connectivity index (χ4v) is 2.06. The number of aryl methyl sites for hydroxylation is 1. The van der Waals surface area contributed by atoms with E-state index in [9.17, 15) is 13.6 Å². The van der Waals surface area contributed by atoms with Gasteiger partial charge in [-0.15, -0.1) is 0 Å². The first-order chi connectivity index (χ1) is 11.4. The van der Waals surface area contributed by atoms with E-state index >= 15 is 0 Å². The van der Waals surface area contributed by atoms with Gasteiger partial charge in [-0.1, -0.05) is 0 Å². The molecule has 128 valence electrons. The number of ether oxygens (including phenoxy) is 1. The van der Waals surface area contributed by atoms with Crippen LogP contribution in [0, 0.1) is 6.92 Å². The minimum absolute atomic E-state index is 0.172. The third kappa shape index (κ3) is 4.61. The smallest absolute Gasteiger partial charge is 0.272 e. The highest BCUT2D eigenvalue weighted by Crippen LogP contribution is 2.19. The Bertz CT molecular complexity index is 725. The SMILES string of the molecule is Cc1cc(C(=O)NC(C)c2ccnc(N)c2)ncc1OCC(F)F. The second-order valence-corrected chi connectivity index (χ2v) is 5.25. The van der Waals surface area contributed by atoms with Crippen LogP contribution >= 0.6 is 0 Å². The van der Waals surface area contributed by atoms with Crippen molar-refractivity contribution in [3.63, 3.8) is 0 Å². The van der Waals surface area contributed by atoms with Gasteiger partial charge in [0.05, 0.1) is 12.2 Å². The number of alkyl halides is 2. The van der Waals surface area contributed by atoms with E-state index in [1.165, 1.54) is 12.3 Å². The first-order valence-corrected chi connectivity index (χ1v) is 7.26. The average Bonchev–Trinajstić information content (AvgIpc) is 2.53. The zero-order valence-electron chi connectivity index (χ0n) is 13.3. The van der Waals surface area contributed by atoms with Crippen LogP contribution in [0.15, 0.2) is 30.6 Å². The predicted octanol–water partition coefficient (Wildman–Crippen LogP) is 2.50. The Morgan fingerprint density at radius 3 is 2.75 bits per heavy atom. The van der Waals surface area contributed by atoms with Gasteiger partial charge < -0.3 is 15.8 Å². The van der Waals surface area contributed by atoms with Crippen LogP contribution in [0.25, 0.3) is 0 Å². The van der Waals surface area contributed by atoms with Gasteiger partial charge in [-0.2, -0.15) is 0 Å². The Balaban J connectivity index is 2.05. The minimum Gasteiger partial charge on any atom is -0.486 e. The van der Waals surface area contributed by atoms with E-state index in [0.717, 1.165) is 5.56 Å². The monoisotopic (exact) mass is 336 g/mol. The van der Waals surface area contributed by atoms with Crippen LogP contribution in [0.3, 0.4) is 0 Å². The second-order valence-electron chi connectivity index (χ2n) is 5.25. The molecule has 0 aliphatic heterocycles. The van der Waals surface area contributed by atoms with Crippen LogP contribution in [-0.4, -0.2) is 28.9 Å². The van der Waals surface area contributed by atoms with Crippen LogP contribution in [0.1, 0.15) is 34.6 Å². The summed E-state index contributed by atoms with van der Waals surface area (Å²) in [4.78, 5) is 20.1. The average molecular weight is 336 g/mol. The van der Waals surface area contributed by atoms with Gasteiger partial charge in [-0.25, -0.2) is 18.7 Å². The molecule has 0 saturated heterocycles. The first-order valence-electron chi connectivity index (χ1n) is 7.26. The molecule has 0 aliphatic rings. The maximum absolute atomic E-state index is 12.3. The van der Waals surface area contributed by atoms with Gasteiger partial charge >= 0.3 is 0 Å². The number of halogens is 2. The molecule has 0 radical (unpaired) electrons. The van der Waals surface area contributed by atoms with Crippen molar-refractivity contribution in [1.82, 2.24) is 15.3 Å². The molecule has 3 N–H and O–H groups in total. The Hall–Kier alpha value is -2.77. The molecule has 0 bridgehead atoms. The normalized spacial score (nSPS) is 12.0. The van der Waals surface area contributed by atoms with Crippen LogP contribution in [0.4, 0.5) is 14.6 Å². The van der Waals surface area contributed by atoms with Crippen molar-refractivity contribution in [2.45, 2.75) is 26.3 Å². The Morgan fingerprint density at radius 2 is 2.12 bits per heavy atom. The summed E-state index contributed by atoms with van der Waals surface area (Å²) in [6.07, 6.45) is 0.257. The second kappa shape index (κ2) is 7.67. The number of carbonyl (C=O) groups is 1. The highest BCUT2D eigenvalue weighted by atomic mass is 19.3. The lowest BCUT2D eigenvalue weighted by Crippen LogP contribution is -2.27. The summed E-state index contributed by atoms with van der Waals surface area (Å²) in [5, 5.41) is 2.79. The molecule has 0 aliphatic carbocycles. The van der Waals surface area contributed by atoms with Gasteiger partial charge in [0.1, 0.15) is 23.9 Å². The molecule has 2 aromatic rings. The van der Waals surface area contributed by atoms with Crippen LogP contribution in [0.5, 0.6) is 5.75 Å². The molecule has 0 saturated carbocycles. The number of pyridine rings is 2. The molecular formula is C16H18F2N4O2. The van der Waals surface area contributed by atoms with Crippen LogP contribution in [0.2, 0.25) is 0 Å². The number of rotatable bonds is 6. The molecule has 0 spiro atoms. The molecule has 1 unspecified atom stereocenters. The minimum atomic E-state index is -2.57. The molecule has 2 rings (SSSR count). The van der Waals surface area contributed by atoms with Crippen molar-refractivity contribution in [2.24, 2.45) is 0 Å². The van der Waals surface area contributed by atoms with Gasteiger partial charge in [0.25, 0.3) is 12.3 Å². The largest absolute Gasteiger partial charge is 0.486 e. The summed E-state index contributed by atoms with van der Waals surface area (Å²) >= 11 is 0. The number of amides is 1. The topological polar surface area (TPSA) is 90.1 Å². The fourth-order valence-electron chi connectivity index (χ4n) is 2.06. The summed E-state index contributed by atoms with van der Waals surface area (Å²) < 4.78 is 29.3. The summed E-state index contributed by atoms with van der Waals surface area (Å²) in [7, 11) is 0. The van der Waals surface area contributed by atoms with Gasteiger partial charge in [-0.3, -0.25) is 4.79 Å². The molecule has 2 heterocycles. The highest BCUT2D eigenvalue weighted by molar-refractivity contribution is 5.92. The van der Waals surface area contributed by atoms with Crippen molar-refractivity contribution in [2.75, 3.05) is 12.3 Å². The van der Waals surface area contributed by atoms with Gasteiger partial charge in [-0.05, 0) is 43.2 Å². The number of nitrogens with one attached hydrogen (secondary N) is 1. The number of hydrogen-bond acceptors (Lipinski definition) is 5. The van der Waals surface area contributed by atoms with E-state index in [-0.39, 0.29) is 23.4 Å². The molecule has 1 atom stereocenters. The Kier molecular flexibility index (Phi) is 5.62.